The molecule has 0 saturated heterocycles. The largest absolute Gasteiger partial charge is 0.480 e. The molecule has 1 rings (SSSR count). The predicted molar refractivity (Wildman–Crippen MR) is 64.8 cm³/mol. The average Bonchev–Trinajstić information content (AvgIpc) is 2.44. The summed E-state index contributed by atoms with van der Waals surface area (Å²) in [5.41, 5.74) is 0. The number of urea groups is 1. The number of carboxylic acids is 1. The molecule has 1 aliphatic carbocycles. The van der Waals surface area contributed by atoms with Gasteiger partial charge in [0.05, 0.1) is 0 Å². The second kappa shape index (κ2) is 6.47. The molecule has 0 spiro atoms. The van der Waals surface area contributed by atoms with Crippen LogP contribution in [0.25, 0.3) is 0 Å². The minimum absolute atomic E-state index is 0.165. The number of hydrogen-bond donors (Lipinski definition) is 3. The molecule has 0 aromatic heterocycles. The normalized spacial score (nSPS) is 26.7. The number of hydrogen-bond acceptors (Lipinski definition) is 2. The summed E-state index contributed by atoms with van der Waals surface area (Å²) in [4.78, 5) is 22.2. The van der Waals surface area contributed by atoms with Crippen LogP contribution in [-0.4, -0.2) is 29.2 Å². The van der Waals surface area contributed by atoms with Gasteiger partial charge in [0.2, 0.25) is 0 Å². The third kappa shape index (κ3) is 4.63. The van der Waals surface area contributed by atoms with Gasteiger partial charge >= 0.3 is 12.0 Å². The fourth-order valence-corrected chi connectivity index (χ4v) is 2.18. The minimum atomic E-state index is -1.02. The van der Waals surface area contributed by atoms with E-state index in [1.54, 1.807) is 0 Å². The summed E-state index contributed by atoms with van der Waals surface area (Å²) in [5.74, 6) is -0.558. The molecule has 1 aliphatic rings. The molecular weight excluding hydrogens is 220 g/mol. The van der Waals surface area contributed by atoms with Crippen LogP contribution in [-0.2, 0) is 4.79 Å². The first kappa shape index (κ1) is 13.8. The molecule has 0 aromatic rings. The van der Waals surface area contributed by atoms with E-state index < -0.39 is 12.0 Å². The van der Waals surface area contributed by atoms with Gasteiger partial charge in [-0.2, -0.15) is 0 Å². The third-order valence-corrected chi connectivity index (χ3v) is 3.40. The molecule has 1 saturated carbocycles. The quantitative estimate of drug-likeness (QED) is 0.659. The van der Waals surface area contributed by atoms with Crippen LogP contribution in [0.3, 0.4) is 0 Å². The van der Waals surface area contributed by atoms with Crippen molar-refractivity contribution < 1.29 is 14.7 Å². The number of rotatable bonds is 3. The van der Waals surface area contributed by atoms with Crippen molar-refractivity contribution in [2.24, 2.45) is 5.92 Å². The van der Waals surface area contributed by atoms with Gasteiger partial charge in [-0.25, -0.2) is 4.79 Å². The molecule has 5 nitrogen and oxygen atoms in total. The zero-order valence-corrected chi connectivity index (χ0v) is 10.5. The van der Waals surface area contributed by atoms with Crippen molar-refractivity contribution in [1.29, 1.82) is 0 Å². The molecule has 0 aromatic carbocycles. The van der Waals surface area contributed by atoms with Crippen LogP contribution in [0.1, 0.15) is 46.0 Å². The van der Waals surface area contributed by atoms with Gasteiger partial charge in [0.15, 0.2) is 0 Å². The van der Waals surface area contributed by atoms with Gasteiger partial charge in [-0.3, -0.25) is 4.79 Å². The monoisotopic (exact) mass is 242 g/mol. The first-order valence-electron chi connectivity index (χ1n) is 6.30. The van der Waals surface area contributed by atoms with Gasteiger partial charge in [0.25, 0.3) is 0 Å². The molecule has 0 radical (unpaired) electrons. The van der Waals surface area contributed by atoms with Gasteiger partial charge in [-0.05, 0) is 25.7 Å². The summed E-state index contributed by atoms with van der Waals surface area (Å²) in [6.07, 6.45) is 5.67. The van der Waals surface area contributed by atoms with E-state index in [2.05, 4.69) is 17.6 Å². The molecule has 3 atom stereocenters. The van der Waals surface area contributed by atoms with E-state index >= 15 is 0 Å². The molecule has 5 heteroatoms. The van der Waals surface area contributed by atoms with Crippen molar-refractivity contribution in [2.75, 3.05) is 0 Å². The Morgan fingerprint density at radius 1 is 1.24 bits per heavy atom. The topological polar surface area (TPSA) is 78.4 Å². The van der Waals surface area contributed by atoms with Crippen molar-refractivity contribution in [1.82, 2.24) is 10.6 Å². The fraction of sp³-hybridized carbons (Fsp3) is 0.833. The lowest BCUT2D eigenvalue weighted by molar-refractivity contribution is -0.138. The summed E-state index contributed by atoms with van der Waals surface area (Å²) in [5, 5.41) is 14.0. The third-order valence-electron chi connectivity index (χ3n) is 3.40. The Hall–Kier alpha value is -1.26. The second-order valence-corrected chi connectivity index (χ2v) is 4.90. The summed E-state index contributed by atoms with van der Waals surface area (Å²) >= 11 is 0. The molecule has 3 N–H and O–H groups in total. The van der Waals surface area contributed by atoms with Crippen molar-refractivity contribution in [3.63, 3.8) is 0 Å². The van der Waals surface area contributed by atoms with Crippen LogP contribution in [0, 0.1) is 5.92 Å². The summed E-state index contributed by atoms with van der Waals surface area (Å²) < 4.78 is 0. The highest BCUT2D eigenvalue weighted by atomic mass is 16.4. The Labute approximate surface area is 102 Å². The van der Waals surface area contributed by atoms with Crippen LogP contribution in [0.15, 0.2) is 0 Å². The highest BCUT2D eigenvalue weighted by molar-refractivity contribution is 5.82. The van der Waals surface area contributed by atoms with E-state index in [9.17, 15) is 9.59 Å². The maximum Gasteiger partial charge on any atom is 0.325 e. The van der Waals surface area contributed by atoms with Gasteiger partial charge in [-0.1, -0.05) is 26.2 Å². The lowest BCUT2D eigenvalue weighted by atomic mass is 9.97. The van der Waals surface area contributed by atoms with Crippen LogP contribution >= 0.6 is 0 Å². The molecule has 98 valence electrons. The summed E-state index contributed by atoms with van der Waals surface area (Å²) in [6, 6.07) is -1.06. The Bertz CT molecular complexity index is 281. The SMILES string of the molecule is CC1CCCCCC1NC(=O)N[C@@H](C)C(=O)O. The number of amides is 2. The molecule has 2 unspecified atom stereocenters. The molecule has 0 heterocycles. The number of carbonyl (C=O) groups excluding carboxylic acids is 1. The van der Waals surface area contributed by atoms with E-state index in [0.29, 0.717) is 5.92 Å². The summed E-state index contributed by atoms with van der Waals surface area (Å²) in [6.45, 7) is 3.59. The van der Waals surface area contributed by atoms with Crippen LogP contribution < -0.4 is 10.6 Å². The van der Waals surface area contributed by atoms with E-state index in [0.717, 1.165) is 19.3 Å². The van der Waals surface area contributed by atoms with Crippen molar-refractivity contribution in [3.8, 4) is 0 Å². The summed E-state index contributed by atoms with van der Waals surface area (Å²) in [7, 11) is 0. The highest BCUT2D eigenvalue weighted by Crippen LogP contribution is 2.22. The molecule has 2 amide bonds. The second-order valence-electron chi connectivity index (χ2n) is 4.90. The lowest BCUT2D eigenvalue weighted by Crippen LogP contribution is -2.49. The standard InChI is InChI=1S/C12H22N2O3/c1-8-6-4-3-5-7-10(8)14-12(17)13-9(2)11(15)16/h8-10H,3-7H2,1-2H3,(H,15,16)(H2,13,14,17)/t8?,9-,10?/m0/s1. The average molecular weight is 242 g/mol. The Kier molecular flexibility index (Phi) is 5.25. The Morgan fingerprint density at radius 3 is 2.53 bits per heavy atom. The van der Waals surface area contributed by atoms with Gasteiger partial charge in [0.1, 0.15) is 6.04 Å². The minimum Gasteiger partial charge on any atom is -0.480 e. The highest BCUT2D eigenvalue weighted by Gasteiger charge is 2.22. The number of carbonyl (C=O) groups is 2. The number of nitrogens with one attached hydrogen (secondary N) is 2. The Balaban J connectivity index is 2.41. The van der Waals surface area contributed by atoms with Crippen LogP contribution in [0.4, 0.5) is 4.79 Å². The van der Waals surface area contributed by atoms with Gasteiger partial charge in [0, 0.05) is 6.04 Å². The van der Waals surface area contributed by atoms with E-state index in [-0.39, 0.29) is 12.1 Å². The van der Waals surface area contributed by atoms with Gasteiger partial charge < -0.3 is 15.7 Å². The van der Waals surface area contributed by atoms with Crippen molar-refractivity contribution in [3.05, 3.63) is 0 Å². The smallest absolute Gasteiger partial charge is 0.325 e. The van der Waals surface area contributed by atoms with E-state index in [1.807, 2.05) is 0 Å². The van der Waals surface area contributed by atoms with Crippen molar-refractivity contribution in [2.45, 2.75) is 58.0 Å². The maximum absolute atomic E-state index is 11.6. The predicted octanol–water partition coefficient (Wildman–Crippen LogP) is 1.73. The first-order chi connectivity index (χ1) is 8.00. The van der Waals surface area contributed by atoms with Crippen LogP contribution in [0.2, 0.25) is 0 Å². The maximum atomic E-state index is 11.6. The van der Waals surface area contributed by atoms with Crippen molar-refractivity contribution >= 4 is 12.0 Å². The molecule has 0 aliphatic heterocycles. The first-order valence-corrected chi connectivity index (χ1v) is 6.30. The van der Waals surface area contributed by atoms with Crippen LogP contribution in [0.5, 0.6) is 0 Å². The van der Waals surface area contributed by atoms with Gasteiger partial charge in [-0.15, -0.1) is 0 Å². The molecule has 17 heavy (non-hydrogen) atoms. The fourth-order valence-electron chi connectivity index (χ4n) is 2.18. The Morgan fingerprint density at radius 2 is 1.88 bits per heavy atom. The number of carboxylic acid groups (broad SMARTS) is 1. The molecular formula is C12H22N2O3. The van der Waals surface area contributed by atoms with E-state index in [1.165, 1.54) is 19.8 Å². The zero-order valence-electron chi connectivity index (χ0n) is 10.5. The molecule has 0 bridgehead atoms. The molecule has 1 fully saturated rings. The van der Waals surface area contributed by atoms with E-state index in [4.69, 9.17) is 5.11 Å². The zero-order chi connectivity index (χ0) is 12.8. The number of aliphatic carboxylic acids is 1. The lowest BCUT2D eigenvalue weighted by Gasteiger charge is -2.23.